The summed E-state index contributed by atoms with van der Waals surface area (Å²) in [4.78, 5) is 19.9. The molecule has 0 aliphatic carbocycles. The molecule has 170 valence electrons. The van der Waals surface area contributed by atoms with Gasteiger partial charge in [-0.05, 0) is 13.0 Å². The molecule has 5 heteroatoms. The SMILES string of the molecule is CC(=O)O.CCCCCCCCCCCCCCCCCCN.CN(C)C=O. The average Bonchev–Trinajstić information content (AvgIpc) is 2.65. The van der Waals surface area contributed by atoms with E-state index in [0.717, 1.165) is 19.9 Å². The monoisotopic (exact) mass is 402 g/mol. The summed E-state index contributed by atoms with van der Waals surface area (Å²) in [5.41, 5.74) is 5.48. The Hall–Kier alpha value is -1.10. The van der Waals surface area contributed by atoms with Crippen LogP contribution in [-0.2, 0) is 9.59 Å². The number of hydrogen-bond acceptors (Lipinski definition) is 3. The van der Waals surface area contributed by atoms with Gasteiger partial charge in [-0.15, -0.1) is 0 Å². The molecule has 28 heavy (non-hydrogen) atoms. The summed E-state index contributed by atoms with van der Waals surface area (Å²) in [7, 11) is 3.38. The molecule has 0 bridgehead atoms. The van der Waals surface area contributed by atoms with Crippen molar-refractivity contribution in [2.24, 2.45) is 5.73 Å². The third-order valence-corrected chi connectivity index (χ3v) is 4.27. The number of unbranched alkanes of at least 4 members (excludes halogenated alkanes) is 15. The Morgan fingerprint density at radius 2 is 0.964 bits per heavy atom. The molecule has 0 aromatic heterocycles. The molecule has 0 aromatic carbocycles. The summed E-state index contributed by atoms with van der Waals surface area (Å²) in [6.07, 6.45) is 23.6. The van der Waals surface area contributed by atoms with Crippen LogP contribution in [0.15, 0.2) is 0 Å². The zero-order valence-electron chi connectivity index (χ0n) is 19.4. The number of rotatable bonds is 17. The minimum absolute atomic E-state index is 0.750. The van der Waals surface area contributed by atoms with Crippen molar-refractivity contribution in [1.82, 2.24) is 4.90 Å². The van der Waals surface area contributed by atoms with Crippen LogP contribution in [0, 0.1) is 0 Å². The van der Waals surface area contributed by atoms with Gasteiger partial charge in [-0.3, -0.25) is 9.59 Å². The Morgan fingerprint density at radius 1 is 0.750 bits per heavy atom. The summed E-state index contributed by atoms with van der Waals surface area (Å²) in [6, 6.07) is 0. The van der Waals surface area contributed by atoms with Crippen molar-refractivity contribution in [2.45, 2.75) is 117 Å². The van der Waals surface area contributed by atoms with Gasteiger partial charge >= 0.3 is 0 Å². The number of amides is 1. The quantitative estimate of drug-likeness (QED) is 0.231. The van der Waals surface area contributed by atoms with Gasteiger partial charge in [-0.2, -0.15) is 0 Å². The number of carbonyl (C=O) groups is 2. The lowest BCUT2D eigenvalue weighted by Crippen LogP contribution is -2.06. The van der Waals surface area contributed by atoms with Gasteiger partial charge in [0.15, 0.2) is 0 Å². The van der Waals surface area contributed by atoms with Gasteiger partial charge < -0.3 is 15.7 Å². The van der Waals surface area contributed by atoms with Gasteiger partial charge in [-0.1, -0.05) is 103 Å². The number of carboxylic acids is 1. The first kappa shape index (κ1) is 31.6. The van der Waals surface area contributed by atoms with Gasteiger partial charge in [-0.25, -0.2) is 0 Å². The van der Waals surface area contributed by atoms with Crippen LogP contribution in [0.25, 0.3) is 0 Å². The molecule has 0 saturated heterocycles. The molecule has 0 unspecified atom stereocenters. The molecule has 0 saturated carbocycles. The Bertz CT molecular complexity index is 278. The molecule has 0 rings (SSSR count). The van der Waals surface area contributed by atoms with Crippen molar-refractivity contribution in [1.29, 1.82) is 0 Å². The maximum atomic E-state index is 9.43. The summed E-state index contributed by atoms with van der Waals surface area (Å²) >= 11 is 0. The second kappa shape index (κ2) is 30.6. The third-order valence-electron chi connectivity index (χ3n) is 4.27. The van der Waals surface area contributed by atoms with E-state index in [2.05, 4.69) is 6.92 Å². The Balaban J connectivity index is -0.000000575. The fourth-order valence-electron chi connectivity index (χ4n) is 2.69. The molecule has 0 aromatic rings. The highest BCUT2D eigenvalue weighted by molar-refractivity contribution is 5.62. The number of nitrogens with zero attached hydrogens (tertiary/aromatic N) is 1. The van der Waals surface area contributed by atoms with Crippen LogP contribution in [0.4, 0.5) is 0 Å². The lowest BCUT2D eigenvalue weighted by molar-refractivity contribution is -0.134. The predicted octanol–water partition coefficient (Wildman–Crippen LogP) is 6.00. The maximum Gasteiger partial charge on any atom is 0.300 e. The first-order chi connectivity index (χ1) is 13.4. The second-order valence-corrected chi connectivity index (χ2v) is 7.68. The van der Waals surface area contributed by atoms with Crippen LogP contribution >= 0.6 is 0 Å². The molecular formula is C23H50N2O3. The van der Waals surface area contributed by atoms with Gasteiger partial charge in [0.05, 0.1) is 0 Å². The van der Waals surface area contributed by atoms with Gasteiger partial charge in [0.2, 0.25) is 6.41 Å². The average molecular weight is 403 g/mol. The number of aliphatic carboxylic acids is 1. The smallest absolute Gasteiger partial charge is 0.300 e. The molecule has 0 fully saturated rings. The van der Waals surface area contributed by atoms with Crippen LogP contribution in [0.3, 0.4) is 0 Å². The van der Waals surface area contributed by atoms with E-state index in [1.807, 2.05) is 0 Å². The highest BCUT2D eigenvalue weighted by Gasteiger charge is 1.94. The Labute approximate surface area is 175 Å². The number of hydrogen-bond donors (Lipinski definition) is 2. The van der Waals surface area contributed by atoms with Gasteiger partial charge in [0.25, 0.3) is 5.97 Å². The first-order valence-corrected chi connectivity index (χ1v) is 11.4. The van der Waals surface area contributed by atoms with Crippen molar-refractivity contribution < 1.29 is 14.7 Å². The van der Waals surface area contributed by atoms with E-state index in [-0.39, 0.29) is 0 Å². The van der Waals surface area contributed by atoms with E-state index in [9.17, 15) is 4.79 Å². The molecule has 0 atom stereocenters. The normalized spacial score (nSPS) is 9.61. The number of nitrogens with two attached hydrogens (primary N) is 1. The fourth-order valence-corrected chi connectivity index (χ4v) is 2.69. The van der Waals surface area contributed by atoms with Crippen molar-refractivity contribution in [3.63, 3.8) is 0 Å². The first-order valence-electron chi connectivity index (χ1n) is 11.4. The van der Waals surface area contributed by atoms with E-state index in [1.165, 1.54) is 108 Å². The van der Waals surface area contributed by atoms with Crippen LogP contribution in [0.1, 0.15) is 117 Å². The Kier molecular flexibility index (Phi) is 34.5. The third kappa shape index (κ3) is 49.8. The molecule has 0 heterocycles. The minimum Gasteiger partial charge on any atom is -0.481 e. The van der Waals surface area contributed by atoms with Gasteiger partial charge in [0, 0.05) is 21.0 Å². The lowest BCUT2D eigenvalue weighted by atomic mass is 10.0. The van der Waals surface area contributed by atoms with Crippen molar-refractivity contribution in [2.75, 3.05) is 20.6 Å². The van der Waals surface area contributed by atoms with Crippen molar-refractivity contribution in [3.05, 3.63) is 0 Å². The second-order valence-electron chi connectivity index (χ2n) is 7.68. The standard InChI is InChI=1S/C18H39N.C3H7NO.C2H4O2/c1-2-3-4-5-6-7-8-9-10-11-12-13-14-15-16-17-18-19;1-4(2)3-5;1-2(3)4/h2-19H2,1H3;3H,1-2H3;1H3,(H,3,4). The van der Waals surface area contributed by atoms with E-state index in [1.54, 1.807) is 14.1 Å². The fraction of sp³-hybridized carbons (Fsp3) is 0.913. The lowest BCUT2D eigenvalue weighted by Gasteiger charge is -2.03. The summed E-state index contributed by atoms with van der Waals surface area (Å²) in [5.74, 6) is -0.833. The highest BCUT2D eigenvalue weighted by atomic mass is 16.4. The highest BCUT2D eigenvalue weighted by Crippen LogP contribution is 2.13. The molecule has 5 nitrogen and oxygen atoms in total. The van der Waals surface area contributed by atoms with Crippen molar-refractivity contribution in [3.8, 4) is 0 Å². The van der Waals surface area contributed by atoms with E-state index >= 15 is 0 Å². The zero-order chi connectivity index (χ0) is 21.9. The summed E-state index contributed by atoms with van der Waals surface area (Å²) < 4.78 is 0. The van der Waals surface area contributed by atoms with E-state index in [0.29, 0.717) is 0 Å². The van der Waals surface area contributed by atoms with Crippen LogP contribution in [-0.4, -0.2) is 43.0 Å². The Morgan fingerprint density at radius 3 is 1.14 bits per heavy atom. The molecule has 0 aliphatic heterocycles. The van der Waals surface area contributed by atoms with E-state index in [4.69, 9.17) is 15.6 Å². The summed E-state index contributed by atoms with van der Waals surface area (Å²) in [5, 5.41) is 7.42. The summed E-state index contributed by atoms with van der Waals surface area (Å²) in [6.45, 7) is 4.25. The minimum atomic E-state index is -0.833. The molecule has 1 amide bonds. The zero-order valence-corrected chi connectivity index (χ0v) is 19.4. The van der Waals surface area contributed by atoms with E-state index < -0.39 is 5.97 Å². The maximum absolute atomic E-state index is 9.43. The molecule has 0 spiro atoms. The largest absolute Gasteiger partial charge is 0.481 e. The number of carboxylic acid groups (broad SMARTS) is 1. The number of carbonyl (C=O) groups excluding carboxylic acids is 1. The van der Waals surface area contributed by atoms with Crippen LogP contribution < -0.4 is 5.73 Å². The molecular weight excluding hydrogens is 352 g/mol. The molecule has 0 radical (unpaired) electrons. The predicted molar refractivity (Wildman–Crippen MR) is 122 cm³/mol. The van der Waals surface area contributed by atoms with Crippen LogP contribution in [0.5, 0.6) is 0 Å². The topological polar surface area (TPSA) is 83.6 Å². The molecule has 3 N–H and O–H groups in total. The van der Waals surface area contributed by atoms with Crippen molar-refractivity contribution >= 4 is 12.4 Å². The van der Waals surface area contributed by atoms with Gasteiger partial charge in [0.1, 0.15) is 0 Å². The van der Waals surface area contributed by atoms with Crippen LogP contribution in [0.2, 0.25) is 0 Å². The molecule has 0 aliphatic rings.